The van der Waals surface area contributed by atoms with E-state index in [-0.39, 0.29) is 13.2 Å². The van der Waals surface area contributed by atoms with Gasteiger partial charge in [0.15, 0.2) is 0 Å². The fraction of sp³-hybridized carbons (Fsp3) is 0.400. The zero-order valence-electron chi connectivity index (χ0n) is 16.4. The van der Waals surface area contributed by atoms with Crippen LogP contribution >= 0.6 is 0 Å². The Kier molecular flexibility index (Phi) is 5.22. The number of ether oxygens (including phenoxy) is 2. The summed E-state index contributed by atoms with van der Waals surface area (Å²) in [4.78, 5) is 26.9. The van der Waals surface area contributed by atoms with Crippen molar-refractivity contribution in [3.8, 4) is 0 Å². The molecule has 1 aromatic carbocycles. The zero-order valence-corrected chi connectivity index (χ0v) is 15.4. The van der Waals surface area contributed by atoms with Crippen LogP contribution in [-0.4, -0.2) is 37.1 Å². The Morgan fingerprint density at radius 2 is 1.80 bits per heavy atom. The Hall–Kier alpha value is -2.56. The van der Waals surface area contributed by atoms with Crippen LogP contribution < -0.4 is 0 Å². The maximum absolute atomic E-state index is 12.7. The van der Waals surface area contributed by atoms with Crippen LogP contribution in [0.5, 0.6) is 0 Å². The van der Waals surface area contributed by atoms with Crippen LogP contribution in [0, 0.1) is 0 Å². The molecular weight excluding hydrogens is 318 g/mol. The van der Waals surface area contributed by atoms with Gasteiger partial charge in [-0.15, -0.1) is 0 Å². The molecule has 5 nitrogen and oxygen atoms in total. The summed E-state index contributed by atoms with van der Waals surface area (Å²) in [6.45, 7) is 7.58. The Morgan fingerprint density at radius 1 is 1.16 bits per heavy atom. The van der Waals surface area contributed by atoms with Gasteiger partial charge < -0.3 is 14.4 Å². The van der Waals surface area contributed by atoms with Crippen molar-refractivity contribution in [1.29, 1.82) is 0 Å². The first-order valence-electron chi connectivity index (χ1n) is 8.86. The highest BCUT2D eigenvalue weighted by atomic mass is 16.5. The number of rotatable bonds is 5. The van der Waals surface area contributed by atoms with Crippen LogP contribution in [0.3, 0.4) is 0 Å². The number of likely N-dealkylation sites (N-methyl/N-ethyl adjacent to an activating group) is 1. The van der Waals surface area contributed by atoms with Gasteiger partial charge in [0.1, 0.15) is 0 Å². The van der Waals surface area contributed by atoms with Crippen molar-refractivity contribution >= 4 is 11.9 Å². The van der Waals surface area contributed by atoms with E-state index in [1.165, 1.54) is 6.08 Å². The molecule has 0 amide bonds. The molecule has 1 unspecified atom stereocenters. The molecule has 2 rings (SSSR count). The second-order valence-corrected chi connectivity index (χ2v) is 5.91. The zero-order chi connectivity index (χ0) is 19.5. The normalized spacial score (nSPS) is 20.8. The lowest BCUT2D eigenvalue weighted by molar-refractivity contribution is -0.140. The molecule has 0 bridgehead atoms. The van der Waals surface area contributed by atoms with E-state index in [2.05, 4.69) is 0 Å². The highest BCUT2D eigenvalue weighted by molar-refractivity contribution is 5.99. The molecule has 1 aliphatic heterocycles. The topological polar surface area (TPSA) is 55.8 Å². The lowest BCUT2D eigenvalue weighted by Crippen LogP contribution is -2.47. The van der Waals surface area contributed by atoms with Gasteiger partial charge in [0.2, 0.25) is 0 Å². The molecule has 0 N–H and O–H groups in total. The van der Waals surface area contributed by atoms with Crippen molar-refractivity contribution in [3.05, 3.63) is 58.8 Å². The van der Waals surface area contributed by atoms with E-state index in [9.17, 15) is 9.59 Å². The van der Waals surface area contributed by atoms with Crippen molar-refractivity contribution in [2.75, 3.05) is 20.3 Å². The lowest BCUT2D eigenvalue weighted by atomic mass is 9.78. The van der Waals surface area contributed by atoms with E-state index in [4.69, 9.17) is 10.8 Å². The van der Waals surface area contributed by atoms with Crippen LogP contribution in [0.15, 0.2) is 53.2 Å². The Labute approximate surface area is 150 Å². The van der Waals surface area contributed by atoms with Crippen molar-refractivity contribution < 1.29 is 20.4 Å². The van der Waals surface area contributed by atoms with Gasteiger partial charge >= 0.3 is 11.9 Å². The summed E-state index contributed by atoms with van der Waals surface area (Å²) in [6.07, 6.45) is 1.54. The quantitative estimate of drug-likeness (QED) is 0.768. The molecule has 0 aliphatic carbocycles. The summed E-state index contributed by atoms with van der Waals surface area (Å²) >= 11 is 0. The van der Waals surface area contributed by atoms with Crippen LogP contribution in [0.25, 0.3) is 0 Å². The molecule has 0 fully saturated rings. The van der Waals surface area contributed by atoms with Crippen molar-refractivity contribution in [2.45, 2.75) is 33.2 Å². The number of carbonyl (C=O) groups is 2. The predicted molar refractivity (Wildman–Crippen MR) is 95.6 cm³/mol. The first kappa shape index (κ1) is 17.3. The maximum Gasteiger partial charge on any atom is 0.339 e. The first-order valence-corrected chi connectivity index (χ1v) is 8.36. The number of carbonyl (C=O) groups excluding carboxylic acids is 2. The Balaban J connectivity index is 2.70. The fourth-order valence-electron chi connectivity index (χ4n) is 2.99. The third kappa shape index (κ3) is 3.31. The average molecular weight is 344 g/mol. The average Bonchev–Trinajstić information content (AvgIpc) is 2.60. The SMILES string of the molecule is [2H]c1ccccc1C1(C)C(C(=O)OCC)=CC(C(=O)OCC)=C(C)N1C. The third-order valence-corrected chi connectivity index (χ3v) is 4.60. The van der Waals surface area contributed by atoms with Crippen LogP contribution in [0.4, 0.5) is 0 Å². The third-order valence-electron chi connectivity index (χ3n) is 4.60. The van der Waals surface area contributed by atoms with Gasteiger partial charge in [0, 0.05) is 12.7 Å². The number of esters is 2. The first-order chi connectivity index (χ1) is 12.3. The molecule has 0 spiro atoms. The van der Waals surface area contributed by atoms with Crippen molar-refractivity contribution in [1.82, 2.24) is 4.90 Å². The van der Waals surface area contributed by atoms with Crippen LogP contribution in [0.2, 0.25) is 0 Å². The highest BCUT2D eigenvalue weighted by Crippen LogP contribution is 2.42. The minimum absolute atomic E-state index is 0.218. The maximum atomic E-state index is 12.7. The number of hydrogen-bond acceptors (Lipinski definition) is 5. The summed E-state index contributed by atoms with van der Waals surface area (Å²) in [6, 6.07) is 7.41. The molecule has 0 saturated heterocycles. The Morgan fingerprint density at radius 3 is 2.40 bits per heavy atom. The lowest BCUT2D eigenvalue weighted by Gasteiger charge is -2.45. The fourth-order valence-corrected chi connectivity index (χ4v) is 2.99. The van der Waals surface area contributed by atoms with E-state index in [1.54, 1.807) is 40.0 Å². The van der Waals surface area contributed by atoms with Crippen LogP contribution in [-0.2, 0) is 24.6 Å². The predicted octanol–water partition coefficient (Wildman–Crippen LogP) is 3.17. The molecular formula is C20H25NO4. The summed E-state index contributed by atoms with van der Waals surface area (Å²) in [7, 11) is 1.80. The van der Waals surface area contributed by atoms with E-state index < -0.39 is 17.5 Å². The van der Waals surface area contributed by atoms with Gasteiger partial charge in [-0.25, -0.2) is 9.59 Å². The van der Waals surface area contributed by atoms with Gasteiger partial charge in [0.05, 0.1) is 31.3 Å². The van der Waals surface area contributed by atoms with Gasteiger partial charge in [0.25, 0.3) is 0 Å². The number of allylic oxidation sites excluding steroid dienone is 1. The standard InChI is InChI=1S/C20H25NO4/c1-6-24-18(22)16-13-17(19(23)25-7-2)20(4,21(5)14(16)3)15-11-9-8-10-12-15/h8-13H,6-7H2,1-5H3/i11D. The second-order valence-electron chi connectivity index (χ2n) is 5.91. The van der Waals surface area contributed by atoms with Crippen molar-refractivity contribution in [2.24, 2.45) is 0 Å². The number of nitrogens with zero attached hydrogens (tertiary/aromatic N) is 1. The summed E-state index contributed by atoms with van der Waals surface area (Å²) in [5.74, 6) is -1.00. The molecule has 5 heteroatoms. The molecule has 0 radical (unpaired) electrons. The van der Waals surface area contributed by atoms with E-state index in [1.807, 2.05) is 24.0 Å². The van der Waals surface area contributed by atoms with E-state index >= 15 is 0 Å². The molecule has 25 heavy (non-hydrogen) atoms. The molecule has 0 saturated carbocycles. The smallest absolute Gasteiger partial charge is 0.339 e. The Bertz CT molecular complexity index is 784. The minimum Gasteiger partial charge on any atom is -0.463 e. The largest absolute Gasteiger partial charge is 0.463 e. The van der Waals surface area contributed by atoms with Crippen molar-refractivity contribution in [3.63, 3.8) is 0 Å². The molecule has 1 atom stereocenters. The van der Waals surface area contributed by atoms with Gasteiger partial charge in [-0.05, 0) is 39.3 Å². The van der Waals surface area contributed by atoms with E-state index in [0.717, 1.165) is 0 Å². The number of hydrogen-bond donors (Lipinski definition) is 0. The van der Waals surface area contributed by atoms with Gasteiger partial charge in [-0.3, -0.25) is 0 Å². The molecule has 134 valence electrons. The van der Waals surface area contributed by atoms with E-state index in [0.29, 0.717) is 28.4 Å². The van der Waals surface area contributed by atoms with Crippen LogP contribution in [0.1, 0.15) is 34.6 Å². The summed E-state index contributed by atoms with van der Waals surface area (Å²) in [5.41, 5.74) is 1.00. The second kappa shape index (κ2) is 7.55. The molecule has 1 heterocycles. The monoisotopic (exact) mass is 344 g/mol. The molecule has 1 aliphatic rings. The minimum atomic E-state index is -0.940. The van der Waals surface area contributed by atoms with Gasteiger partial charge in [-0.1, -0.05) is 30.3 Å². The summed E-state index contributed by atoms with van der Waals surface area (Å²) < 4.78 is 18.7. The molecule has 0 aromatic heterocycles. The number of benzene rings is 1. The summed E-state index contributed by atoms with van der Waals surface area (Å²) in [5, 5.41) is 0. The van der Waals surface area contributed by atoms with Gasteiger partial charge in [-0.2, -0.15) is 0 Å². The molecule has 1 aromatic rings. The highest BCUT2D eigenvalue weighted by Gasteiger charge is 2.44.